The largest absolute Gasteiger partial charge is 0.494 e. The third kappa shape index (κ3) is 7.59. The normalized spacial score (nSPS) is 10.6. The van der Waals surface area contributed by atoms with Crippen molar-refractivity contribution in [3.63, 3.8) is 0 Å². The molecule has 1 aromatic carbocycles. The van der Waals surface area contributed by atoms with Crippen molar-refractivity contribution in [1.82, 2.24) is 0 Å². The fourth-order valence-electron chi connectivity index (χ4n) is 2.44. The molecule has 0 spiro atoms. The van der Waals surface area contributed by atoms with Crippen molar-refractivity contribution in [1.29, 1.82) is 0 Å². The SMILES string of the molecule is CCOC(=O)C(CCCCCOc1ccc(C)c(C)c1)C(=O)OCC. The van der Waals surface area contributed by atoms with Crippen LogP contribution in [0.3, 0.4) is 0 Å². The highest BCUT2D eigenvalue weighted by molar-refractivity contribution is 5.94. The van der Waals surface area contributed by atoms with Gasteiger partial charge in [-0.05, 0) is 63.8 Å². The van der Waals surface area contributed by atoms with Gasteiger partial charge in [0.05, 0.1) is 19.8 Å². The van der Waals surface area contributed by atoms with E-state index in [9.17, 15) is 9.59 Å². The zero-order chi connectivity index (χ0) is 18.7. The Bertz CT molecular complexity index is 535. The van der Waals surface area contributed by atoms with Gasteiger partial charge in [0, 0.05) is 0 Å². The minimum absolute atomic E-state index is 0.262. The van der Waals surface area contributed by atoms with Gasteiger partial charge in [0.15, 0.2) is 5.92 Å². The van der Waals surface area contributed by atoms with Crippen LogP contribution in [-0.2, 0) is 19.1 Å². The van der Waals surface area contributed by atoms with Crippen molar-refractivity contribution >= 4 is 11.9 Å². The fraction of sp³-hybridized carbons (Fsp3) is 0.600. The number of benzene rings is 1. The number of unbranched alkanes of at least 4 members (excludes halogenated alkanes) is 2. The molecule has 140 valence electrons. The Labute approximate surface area is 150 Å². The van der Waals surface area contributed by atoms with Crippen molar-refractivity contribution in [2.45, 2.75) is 53.4 Å². The second-order valence-corrected chi connectivity index (χ2v) is 6.00. The molecule has 0 saturated heterocycles. The van der Waals surface area contributed by atoms with Crippen LogP contribution >= 0.6 is 0 Å². The summed E-state index contributed by atoms with van der Waals surface area (Å²) in [6, 6.07) is 6.06. The standard InChI is InChI=1S/C20H30O5/c1-5-23-19(21)18(20(22)24-6-2)10-8-7-9-13-25-17-12-11-15(3)16(4)14-17/h11-12,14,18H,5-10,13H2,1-4H3. The lowest BCUT2D eigenvalue weighted by Crippen LogP contribution is -2.28. The van der Waals surface area contributed by atoms with Crippen molar-refractivity contribution in [3.05, 3.63) is 29.3 Å². The molecule has 5 heteroatoms. The second-order valence-electron chi connectivity index (χ2n) is 6.00. The number of rotatable bonds is 11. The average molecular weight is 350 g/mol. The summed E-state index contributed by atoms with van der Waals surface area (Å²) in [5.41, 5.74) is 2.46. The van der Waals surface area contributed by atoms with Gasteiger partial charge in [0.1, 0.15) is 5.75 Å². The van der Waals surface area contributed by atoms with Gasteiger partial charge in [-0.25, -0.2) is 0 Å². The Morgan fingerprint density at radius 2 is 1.56 bits per heavy atom. The second kappa shape index (κ2) is 11.5. The summed E-state index contributed by atoms with van der Waals surface area (Å²) in [7, 11) is 0. The summed E-state index contributed by atoms with van der Waals surface area (Å²) in [6.45, 7) is 8.73. The van der Waals surface area contributed by atoms with Crippen molar-refractivity contribution in [2.75, 3.05) is 19.8 Å². The number of esters is 2. The summed E-state index contributed by atoms with van der Waals surface area (Å²) in [5.74, 6) is -0.931. The molecule has 0 bridgehead atoms. The zero-order valence-electron chi connectivity index (χ0n) is 15.8. The first-order valence-corrected chi connectivity index (χ1v) is 9.02. The summed E-state index contributed by atoms with van der Waals surface area (Å²) in [4.78, 5) is 23.8. The maximum atomic E-state index is 11.9. The summed E-state index contributed by atoms with van der Waals surface area (Å²) < 4.78 is 15.7. The molecule has 0 unspecified atom stereocenters. The van der Waals surface area contributed by atoms with E-state index in [4.69, 9.17) is 14.2 Å². The lowest BCUT2D eigenvalue weighted by atomic mass is 10.0. The molecule has 0 fully saturated rings. The van der Waals surface area contributed by atoms with E-state index in [1.54, 1.807) is 13.8 Å². The van der Waals surface area contributed by atoms with Crippen molar-refractivity contribution in [3.8, 4) is 5.75 Å². The number of ether oxygens (including phenoxy) is 3. The molecule has 0 heterocycles. The molecule has 0 amide bonds. The first kappa shape index (κ1) is 21.0. The molecule has 0 saturated carbocycles. The number of carbonyl (C=O) groups is 2. The van der Waals surface area contributed by atoms with Crippen LogP contribution in [0.25, 0.3) is 0 Å². The predicted octanol–water partition coefficient (Wildman–Crippen LogP) is 3.99. The molecule has 25 heavy (non-hydrogen) atoms. The Morgan fingerprint density at radius 3 is 2.12 bits per heavy atom. The van der Waals surface area contributed by atoms with Crippen LogP contribution in [-0.4, -0.2) is 31.8 Å². The monoisotopic (exact) mass is 350 g/mol. The molecule has 1 rings (SSSR count). The molecular formula is C20H30O5. The van der Waals surface area contributed by atoms with Crippen molar-refractivity contribution in [2.24, 2.45) is 5.92 Å². The van der Waals surface area contributed by atoms with E-state index in [2.05, 4.69) is 13.8 Å². The Morgan fingerprint density at radius 1 is 0.920 bits per heavy atom. The van der Waals surface area contributed by atoms with Gasteiger partial charge in [0.2, 0.25) is 0 Å². The molecular weight excluding hydrogens is 320 g/mol. The van der Waals surface area contributed by atoms with Crippen LogP contribution in [0.4, 0.5) is 0 Å². The predicted molar refractivity (Wildman–Crippen MR) is 96.6 cm³/mol. The van der Waals surface area contributed by atoms with E-state index in [-0.39, 0.29) is 13.2 Å². The van der Waals surface area contributed by atoms with Gasteiger partial charge in [-0.2, -0.15) is 0 Å². The van der Waals surface area contributed by atoms with Gasteiger partial charge < -0.3 is 14.2 Å². The van der Waals surface area contributed by atoms with E-state index in [0.29, 0.717) is 13.0 Å². The molecule has 0 atom stereocenters. The smallest absolute Gasteiger partial charge is 0.320 e. The van der Waals surface area contributed by atoms with Crippen LogP contribution in [0.15, 0.2) is 18.2 Å². The van der Waals surface area contributed by atoms with E-state index in [0.717, 1.165) is 25.0 Å². The Balaban J connectivity index is 2.31. The molecule has 0 aliphatic carbocycles. The van der Waals surface area contributed by atoms with Gasteiger partial charge in [-0.3, -0.25) is 9.59 Å². The highest BCUT2D eigenvalue weighted by Crippen LogP contribution is 2.18. The van der Waals surface area contributed by atoms with Gasteiger partial charge in [-0.1, -0.05) is 18.9 Å². The lowest BCUT2D eigenvalue weighted by molar-refractivity contribution is -0.161. The molecule has 0 aromatic heterocycles. The molecule has 0 aliphatic rings. The first-order valence-electron chi connectivity index (χ1n) is 9.02. The topological polar surface area (TPSA) is 61.8 Å². The van der Waals surface area contributed by atoms with E-state index in [1.807, 2.05) is 18.2 Å². The van der Waals surface area contributed by atoms with Crippen LogP contribution in [0, 0.1) is 19.8 Å². The van der Waals surface area contributed by atoms with Gasteiger partial charge in [-0.15, -0.1) is 0 Å². The number of carbonyl (C=O) groups excluding carboxylic acids is 2. The van der Waals surface area contributed by atoms with Gasteiger partial charge >= 0.3 is 11.9 Å². The Kier molecular flexibility index (Phi) is 9.66. The van der Waals surface area contributed by atoms with E-state index < -0.39 is 17.9 Å². The van der Waals surface area contributed by atoms with E-state index in [1.165, 1.54) is 11.1 Å². The number of hydrogen-bond donors (Lipinski definition) is 0. The summed E-state index contributed by atoms with van der Waals surface area (Å²) in [5, 5.41) is 0. The summed E-state index contributed by atoms with van der Waals surface area (Å²) >= 11 is 0. The molecule has 0 aliphatic heterocycles. The van der Waals surface area contributed by atoms with Gasteiger partial charge in [0.25, 0.3) is 0 Å². The lowest BCUT2D eigenvalue weighted by Gasteiger charge is -2.14. The van der Waals surface area contributed by atoms with Crippen LogP contribution in [0.5, 0.6) is 5.75 Å². The molecule has 0 radical (unpaired) electrons. The number of hydrogen-bond acceptors (Lipinski definition) is 5. The highest BCUT2D eigenvalue weighted by Gasteiger charge is 2.28. The molecule has 0 N–H and O–H groups in total. The van der Waals surface area contributed by atoms with Crippen LogP contribution in [0.1, 0.15) is 50.7 Å². The highest BCUT2D eigenvalue weighted by atomic mass is 16.6. The third-order valence-corrected chi connectivity index (χ3v) is 4.03. The zero-order valence-corrected chi connectivity index (χ0v) is 15.8. The maximum absolute atomic E-state index is 11.9. The Hall–Kier alpha value is -2.04. The quantitative estimate of drug-likeness (QED) is 0.343. The molecule has 1 aromatic rings. The summed E-state index contributed by atoms with van der Waals surface area (Å²) in [6.07, 6.45) is 2.94. The van der Waals surface area contributed by atoms with Crippen molar-refractivity contribution < 1.29 is 23.8 Å². The van der Waals surface area contributed by atoms with E-state index >= 15 is 0 Å². The first-order chi connectivity index (χ1) is 12.0. The van der Waals surface area contributed by atoms with Crippen LogP contribution < -0.4 is 4.74 Å². The third-order valence-electron chi connectivity index (χ3n) is 4.03. The number of aryl methyl sites for hydroxylation is 2. The molecule has 5 nitrogen and oxygen atoms in total. The minimum Gasteiger partial charge on any atom is -0.494 e. The average Bonchev–Trinajstić information content (AvgIpc) is 2.57. The maximum Gasteiger partial charge on any atom is 0.320 e. The minimum atomic E-state index is -0.819. The fourth-order valence-corrected chi connectivity index (χ4v) is 2.44. The van der Waals surface area contributed by atoms with Crippen LogP contribution in [0.2, 0.25) is 0 Å².